The molecule has 1 saturated heterocycles. The van der Waals surface area contributed by atoms with Gasteiger partial charge in [0, 0.05) is 24.1 Å². The van der Waals surface area contributed by atoms with Crippen LogP contribution in [0.2, 0.25) is 0 Å². The molecule has 0 saturated carbocycles. The van der Waals surface area contributed by atoms with Crippen molar-refractivity contribution in [2.45, 2.75) is 31.9 Å². The zero-order valence-electron chi connectivity index (χ0n) is 9.59. The Labute approximate surface area is 92.8 Å². The minimum absolute atomic E-state index is 0.892. The van der Waals surface area contributed by atoms with E-state index in [0.29, 0.717) is 0 Å². The topological polar surface area (TPSA) is 15.3 Å². The fourth-order valence-corrected chi connectivity index (χ4v) is 3.08. The molecule has 0 aromatic carbocycles. The first-order chi connectivity index (χ1) is 6.86. The predicted octanol–water partition coefficient (Wildman–Crippen LogP) is 1.81. The van der Waals surface area contributed by atoms with Crippen LogP contribution in [0.4, 0.5) is 0 Å². The second-order valence-electron chi connectivity index (χ2n) is 3.91. The smallest absolute Gasteiger partial charge is 0.0172 e. The summed E-state index contributed by atoms with van der Waals surface area (Å²) in [4.78, 5) is 2.63. The van der Waals surface area contributed by atoms with E-state index in [1.54, 1.807) is 0 Å². The fraction of sp³-hybridized carbons (Fsp3) is 1.00. The number of thioether (sulfide) groups is 1. The lowest BCUT2D eigenvalue weighted by molar-refractivity contribution is 0.277. The van der Waals surface area contributed by atoms with Gasteiger partial charge in [0.2, 0.25) is 0 Å². The Morgan fingerprint density at radius 3 is 3.00 bits per heavy atom. The summed E-state index contributed by atoms with van der Waals surface area (Å²) in [5, 5.41) is 4.27. The molecule has 1 atom stereocenters. The molecule has 0 aliphatic carbocycles. The van der Waals surface area contributed by atoms with E-state index >= 15 is 0 Å². The second kappa shape index (κ2) is 7.55. The van der Waals surface area contributed by atoms with E-state index in [0.717, 1.165) is 11.8 Å². The second-order valence-corrected chi connectivity index (χ2v) is 5.32. The van der Waals surface area contributed by atoms with Crippen LogP contribution in [0.5, 0.6) is 0 Å². The van der Waals surface area contributed by atoms with Crippen LogP contribution in [-0.4, -0.2) is 48.6 Å². The highest BCUT2D eigenvalue weighted by molar-refractivity contribution is 8.00. The van der Waals surface area contributed by atoms with Gasteiger partial charge in [0.25, 0.3) is 0 Å². The minimum Gasteiger partial charge on any atom is -0.317 e. The van der Waals surface area contributed by atoms with Crippen LogP contribution in [0.25, 0.3) is 0 Å². The van der Waals surface area contributed by atoms with Gasteiger partial charge < -0.3 is 10.2 Å². The van der Waals surface area contributed by atoms with Crippen molar-refractivity contribution >= 4 is 11.8 Å². The maximum absolute atomic E-state index is 3.38. The summed E-state index contributed by atoms with van der Waals surface area (Å²) >= 11 is 2.15. The van der Waals surface area contributed by atoms with Gasteiger partial charge in [-0.15, -0.1) is 0 Å². The van der Waals surface area contributed by atoms with Crippen molar-refractivity contribution in [3.8, 4) is 0 Å². The van der Waals surface area contributed by atoms with E-state index in [-0.39, 0.29) is 0 Å². The minimum atomic E-state index is 0.892. The highest BCUT2D eigenvalue weighted by Gasteiger charge is 2.17. The lowest BCUT2D eigenvalue weighted by atomic mass is 10.2. The molecule has 3 heteroatoms. The van der Waals surface area contributed by atoms with Crippen LogP contribution in [0.1, 0.15) is 26.7 Å². The summed E-state index contributed by atoms with van der Waals surface area (Å²) in [5.41, 5.74) is 0. The molecule has 0 aromatic rings. The first kappa shape index (κ1) is 12.3. The molecule has 2 nitrogen and oxygen atoms in total. The number of nitrogens with zero attached hydrogens (tertiary/aromatic N) is 1. The number of hydrogen-bond donors (Lipinski definition) is 1. The van der Waals surface area contributed by atoms with Crippen LogP contribution >= 0.6 is 11.8 Å². The molecular formula is C11H24N2S. The molecule has 0 radical (unpaired) electrons. The molecule has 0 aromatic heterocycles. The first-order valence-corrected chi connectivity index (χ1v) is 6.96. The highest BCUT2D eigenvalue weighted by atomic mass is 32.2. The quantitative estimate of drug-likeness (QED) is 0.682. The largest absolute Gasteiger partial charge is 0.317 e. The van der Waals surface area contributed by atoms with Crippen LogP contribution in [0, 0.1) is 0 Å². The molecule has 1 rings (SSSR count). The van der Waals surface area contributed by atoms with Crippen molar-refractivity contribution in [1.29, 1.82) is 0 Å². The lowest BCUT2D eigenvalue weighted by Gasteiger charge is -2.31. The molecule has 1 unspecified atom stereocenters. The first-order valence-electron chi connectivity index (χ1n) is 5.91. The SMILES string of the molecule is CCNCCCN1CCSC(CC)C1. The van der Waals surface area contributed by atoms with Gasteiger partial charge in [0.15, 0.2) is 0 Å². The molecule has 0 bridgehead atoms. The molecule has 14 heavy (non-hydrogen) atoms. The average Bonchev–Trinajstić information content (AvgIpc) is 2.25. The molecule has 0 spiro atoms. The Morgan fingerprint density at radius 2 is 2.29 bits per heavy atom. The Hall–Kier alpha value is 0.270. The summed E-state index contributed by atoms with van der Waals surface area (Å²) in [6, 6.07) is 0. The Bertz CT molecular complexity index is 141. The average molecular weight is 216 g/mol. The number of nitrogens with one attached hydrogen (secondary N) is 1. The van der Waals surface area contributed by atoms with E-state index < -0.39 is 0 Å². The van der Waals surface area contributed by atoms with Gasteiger partial charge >= 0.3 is 0 Å². The maximum atomic E-state index is 3.38. The van der Waals surface area contributed by atoms with Crippen molar-refractivity contribution < 1.29 is 0 Å². The predicted molar refractivity (Wildman–Crippen MR) is 66.1 cm³/mol. The Morgan fingerprint density at radius 1 is 1.43 bits per heavy atom. The fourth-order valence-electron chi connectivity index (χ4n) is 1.83. The molecule has 1 fully saturated rings. The van der Waals surface area contributed by atoms with Crippen LogP contribution < -0.4 is 5.32 Å². The molecule has 1 heterocycles. The molecule has 1 aliphatic heterocycles. The summed E-state index contributed by atoms with van der Waals surface area (Å²) < 4.78 is 0. The maximum Gasteiger partial charge on any atom is 0.0172 e. The third kappa shape index (κ3) is 4.67. The highest BCUT2D eigenvalue weighted by Crippen LogP contribution is 2.20. The third-order valence-corrected chi connectivity index (χ3v) is 4.13. The van der Waals surface area contributed by atoms with Crippen molar-refractivity contribution in [3.63, 3.8) is 0 Å². The zero-order chi connectivity index (χ0) is 10.2. The van der Waals surface area contributed by atoms with Gasteiger partial charge in [0.05, 0.1) is 0 Å². The van der Waals surface area contributed by atoms with Crippen LogP contribution in [-0.2, 0) is 0 Å². The van der Waals surface area contributed by atoms with Crippen LogP contribution in [0.3, 0.4) is 0 Å². The molecular weight excluding hydrogens is 192 g/mol. The Kier molecular flexibility index (Phi) is 6.65. The van der Waals surface area contributed by atoms with Gasteiger partial charge in [-0.1, -0.05) is 13.8 Å². The van der Waals surface area contributed by atoms with Gasteiger partial charge in [-0.2, -0.15) is 11.8 Å². The van der Waals surface area contributed by atoms with E-state index in [9.17, 15) is 0 Å². The third-order valence-electron chi connectivity index (χ3n) is 2.76. The standard InChI is InChI=1S/C11H24N2S/c1-3-11-10-13(8-9-14-11)7-5-6-12-4-2/h11-12H,3-10H2,1-2H3. The van der Waals surface area contributed by atoms with Gasteiger partial charge in [0.1, 0.15) is 0 Å². The van der Waals surface area contributed by atoms with Crippen molar-refractivity contribution in [3.05, 3.63) is 0 Å². The van der Waals surface area contributed by atoms with Crippen LogP contribution in [0.15, 0.2) is 0 Å². The monoisotopic (exact) mass is 216 g/mol. The van der Waals surface area contributed by atoms with Crippen molar-refractivity contribution in [2.24, 2.45) is 0 Å². The lowest BCUT2D eigenvalue weighted by Crippen LogP contribution is -2.38. The summed E-state index contributed by atoms with van der Waals surface area (Å²) in [7, 11) is 0. The molecule has 84 valence electrons. The molecule has 1 aliphatic rings. The zero-order valence-corrected chi connectivity index (χ0v) is 10.4. The molecule has 0 amide bonds. The van der Waals surface area contributed by atoms with E-state index in [1.165, 1.54) is 44.8 Å². The number of hydrogen-bond acceptors (Lipinski definition) is 3. The van der Waals surface area contributed by atoms with Crippen molar-refractivity contribution in [1.82, 2.24) is 10.2 Å². The van der Waals surface area contributed by atoms with Crippen molar-refractivity contribution in [2.75, 3.05) is 38.5 Å². The van der Waals surface area contributed by atoms with Gasteiger partial charge in [-0.3, -0.25) is 0 Å². The summed E-state index contributed by atoms with van der Waals surface area (Å²) in [5.74, 6) is 1.33. The molecule has 1 N–H and O–H groups in total. The number of rotatable bonds is 6. The van der Waals surface area contributed by atoms with E-state index in [1.807, 2.05) is 0 Å². The van der Waals surface area contributed by atoms with Gasteiger partial charge in [-0.25, -0.2) is 0 Å². The summed E-state index contributed by atoms with van der Waals surface area (Å²) in [6.07, 6.45) is 2.63. The van der Waals surface area contributed by atoms with E-state index in [2.05, 4.69) is 35.8 Å². The Balaban J connectivity index is 2.05. The van der Waals surface area contributed by atoms with Gasteiger partial charge in [-0.05, 0) is 32.5 Å². The summed E-state index contributed by atoms with van der Waals surface area (Å²) in [6.45, 7) is 10.7. The normalized spacial score (nSPS) is 24.0. The van der Waals surface area contributed by atoms with E-state index in [4.69, 9.17) is 0 Å².